The highest BCUT2D eigenvalue weighted by Crippen LogP contribution is 2.42. The minimum absolute atomic E-state index is 0.00673. The van der Waals surface area contributed by atoms with Crippen LogP contribution in [0.1, 0.15) is 31.9 Å². The SMILES string of the molecule is Cc1cc2c3c(c1)-n1c4ccc(-n5c6ccccc6c6ccccc65)cc4c4cc(-n5c6ccccc6c6ccccc65)cc(c41)B3c1ccc(C(C)(C)C)cc1O2. The first-order chi connectivity index (χ1) is 28.3. The number of aryl methyl sites for hydroxylation is 1. The Balaban J connectivity index is 1.19. The van der Waals surface area contributed by atoms with Crippen molar-refractivity contribution in [1.82, 2.24) is 13.7 Å². The van der Waals surface area contributed by atoms with Gasteiger partial charge in [-0.2, -0.15) is 0 Å². The Morgan fingerprint density at radius 1 is 0.448 bits per heavy atom. The van der Waals surface area contributed by atoms with E-state index in [1.807, 2.05) is 0 Å². The van der Waals surface area contributed by atoms with Crippen molar-refractivity contribution in [2.24, 2.45) is 0 Å². The maximum absolute atomic E-state index is 6.99. The molecule has 2 aliphatic heterocycles. The minimum atomic E-state index is -0.00692. The van der Waals surface area contributed by atoms with Gasteiger partial charge in [0, 0.05) is 54.9 Å². The van der Waals surface area contributed by atoms with Crippen LogP contribution < -0.4 is 21.1 Å². The van der Waals surface area contributed by atoms with Crippen LogP contribution in [0.3, 0.4) is 0 Å². The lowest BCUT2D eigenvalue weighted by Gasteiger charge is -2.34. The summed E-state index contributed by atoms with van der Waals surface area (Å²) in [6.07, 6.45) is 0. The molecule has 0 atom stereocenters. The van der Waals surface area contributed by atoms with Crippen molar-refractivity contribution in [3.8, 4) is 28.6 Å². The van der Waals surface area contributed by atoms with Crippen LogP contribution in [-0.4, -0.2) is 20.4 Å². The third kappa shape index (κ3) is 4.15. The summed E-state index contributed by atoms with van der Waals surface area (Å²) in [4.78, 5) is 0. The first-order valence-corrected chi connectivity index (χ1v) is 20.4. The molecule has 0 N–H and O–H groups in total. The van der Waals surface area contributed by atoms with Crippen LogP contribution >= 0.6 is 0 Å². The Hall–Kier alpha value is -6.98. The van der Waals surface area contributed by atoms with Gasteiger partial charge in [0.2, 0.25) is 0 Å². The number of hydrogen-bond acceptors (Lipinski definition) is 1. The predicted molar refractivity (Wildman–Crippen MR) is 244 cm³/mol. The molecule has 0 saturated carbocycles. The van der Waals surface area contributed by atoms with Crippen molar-refractivity contribution >= 4 is 88.5 Å². The molecule has 0 saturated heterocycles. The highest BCUT2D eigenvalue weighted by Gasteiger charge is 2.41. The average Bonchev–Trinajstić information content (AvgIpc) is 3.87. The molecule has 0 aliphatic carbocycles. The standard InChI is InChI=1S/C53H38BN3O/c1-31-25-48-51-50(26-31)58-49-27-32(53(2,3)4)21-23-41(49)54(51)42-30-34(56-45-19-11-7-15-37(45)38-16-8-12-20-46(38)56)29-40-39-28-33(22-24-47(39)57(48)52(40)42)55-43-17-9-5-13-35(43)36-14-6-10-18-44(36)55/h5-30H,1-4H3. The number of aromatic nitrogens is 3. The Kier molecular flexibility index (Phi) is 6.16. The van der Waals surface area contributed by atoms with Gasteiger partial charge >= 0.3 is 0 Å². The summed E-state index contributed by atoms with van der Waals surface area (Å²) in [5.74, 6) is 1.90. The monoisotopic (exact) mass is 743 g/mol. The third-order valence-corrected chi connectivity index (χ3v) is 13.1. The lowest BCUT2D eigenvalue weighted by Crippen LogP contribution is -2.58. The van der Waals surface area contributed by atoms with Gasteiger partial charge in [-0.15, -0.1) is 0 Å². The zero-order valence-corrected chi connectivity index (χ0v) is 32.8. The highest BCUT2D eigenvalue weighted by molar-refractivity contribution is 6.99. The first kappa shape index (κ1) is 32.1. The largest absolute Gasteiger partial charge is 0.458 e. The topological polar surface area (TPSA) is 24.0 Å². The van der Waals surface area contributed by atoms with Crippen LogP contribution in [0.5, 0.6) is 11.5 Å². The van der Waals surface area contributed by atoms with E-state index in [2.05, 4.69) is 199 Å². The molecule has 3 aromatic heterocycles. The number of hydrogen-bond donors (Lipinski definition) is 0. The summed E-state index contributed by atoms with van der Waals surface area (Å²) < 4.78 is 14.4. The molecule has 0 bridgehead atoms. The molecule has 58 heavy (non-hydrogen) atoms. The average molecular weight is 744 g/mol. The lowest BCUT2D eigenvalue weighted by atomic mass is 9.34. The van der Waals surface area contributed by atoms with E-state index in [1.165, 1.54) is 98.6 Å². The second-order valence-corrected chi connectivity index (χ2v) is 17.4. The second-order valence-electron chi connectivity index (χ2n) is 17.4. The van der Waals surface area contributed by atoms with Gasteiger partial charge in [0.1, 0.15) is 11.5 Å². The number of para-hydroxylation sites is 4. The molecule has 0 radical (unpaired) electrons. The normalized spacial score (nSPS) is 13.3. The van der Waals surface area contributed by atoms with Crippen LogP contribution in [-0.2, 0) is 5.41 Å². The molecule has 5 heteroatoms. The van der Waals surface area contributed by atoms with Gasteiger partial charge < -0.3 is 18.4 Å². The quantitative estimate of drug-likeness (QED) is 0.162. The number of benzene rings is 8. The Bertz CT molecular complexity index is 3500. The summed E-state index contributed by atoms with van der Waals surface area (Å²) in [5.41, 5.74) is 17.0. The Morgan fingerprint density at radius 2 is 1.00 bits per heavy atom. The van der Waals surface area contributed by atoms with E-state index in [1.54, 1.807) is 0 Å². The van der Waals surface area contributed by atoms with Gasteiger partial charge in [0.05, 0.1) is 27.6 Å². The molecular weight excluding hydrogens is 705 g/mol. The van der Waals surface area contributed by atoms with Crippen molar-refractivity contribution in [3.05, 3.63) is 169 Å². The molecule has 0 fully saturated rings. The van der Waals surface area contributed by atoms with Crippen LogP contribution in [0, 0.1) is 6.92 Å². The minimum Gasteiger partial charge on any atom is -0.458 e. The predicted octanol–water partition coefficient (Wildman–Crippen LogP) is 11.5. The second kappa shape index (κ2) is 11.1. The molecule has 13 rings (SSSR count). The van der Waals surface area contributed by atoms with Gasteiger partial charge in [-0.3, -0.25) is 0 Å². The third-order valence-electron chi connectivity index (χ3n) is 13.1. The van der Waals surface area contributed by atoms with Gasteiger partial charge in [-0.25, -0.2) is 0 Å². The van der Waals surface area contributed by atoms with Crippen molar-refractivity contribution in [2.45, 2.75) is 33.1 Å². The zero-order chi connectivity index (χ0) is 38.6. The van der Waals surface area contributed by atoms with Crippen molar-refractivity contribution in [2.75, 3.05) is 0 Å². The summed E-state index contributed by atoms with van der Waals surface area (Å²) in [7, 11) is 0. The highest BCUT2D eigenvalue weighted by atomic mass is 16.5. The van der Waals surface area contributed by atoms with Crippen LogP contribution in [0.15, 0.2) is 158 Å². The van der Waals surface area contributed by atoms with E-state index in [0.717, 1.165) is 22.9 Å². The smallest absolute Gasteiger partial charge is 0.256 e. The van der Waals surface area contributed by atoms with Crippen molar-refractivity contribution in [3.63, 3.8) is 0 Å². The molecule has 0 spiro atoms. The van der Waals surface area contributed by atoms with Gasteiger partial charge in [0.15, 0.2) is 0 Å². The fourth-order valence-electron chi connectivity index (χ4n) is 10.5. The van der Waals surface area contributed by atoms with E-state index in [-0.39, 0.29) is 12.1 Å². The Morgan fingerprint density at radius 3 is 1.60 bits per heavy atom. The van der Waals surface area contributed by atoms with Gasteiger partial charge in [-0.1, -0.05) is 106 Å². The van der Waals surface area contributed by atoms with E-state index < -0.39 is 0 Å². The molecule has 0 unspecified atom stereocenters. The fraction of sp³-hybridized carbons (Fsp3) is 0.0943. The zero-order valence-electron chi connectivity index (χ0n) is 32.8. The molecule has 0 amide bonds. The van der Waals surface area contributed by atoms with E-state index in [4.69, 9.17) is 4.74 Å². The summed E-state index contributed by atoms with van der Waals surface area (Å²) in [6, 6.07) is 58.8. The summed E-state index contributed by atoms with van der Waals surface area (Å²) >= 11 is 0. The molecule has 11 aromatic rings. The first-order valence-electron chi connectivity index (χ1n) is 20.4. The van der Waals surface area contributed by atoms with Crippen LogP contribution in [0.4, 0.5) is 0 Å². The molecule has 4 nitrogen and oxygen atoms in total. The Labute approximate surface area is 336 Å². The van der Waals surface area contributed by atoms with Crippen molar-refractivity contribution in [1.29, 1.82) is 0 Å². The molecular formula is C53H38BN3O. The van der Waals surface area contributed by atoms with Crippen molar-refractivity contribution < 1.29 is 4.74 Å². The maximum Gasteiger partial charge on any atom is 0.256 e. The molecule has 5 heterocycles. The fourth-order valence-corrected chi connectivity index (χ4v) is 10.5. The number of fused-ring (bicyclic) bond motifs is 13. The number of ether oxygens (including phenoxy) is 1. The number of nitrogens with zero attached hydrogens (tertiary/aromatic N) is 3. The van der Waals surface area contributed by atoms with Gasteiger partial charge in [0.25, 0.3) is 6.71 Å². The maximum atomic E-state index is 6.99. The van der Waals surface area contributed by atoms with E-state index in [0.29, 0.717) is 0 Å². The molecule has 8 aromatic carbocycles. The summed E-state index contributed by atoms with van der Waals surface area (Å²) in [5, 5.41) is 7.53. The lowest BCUT2D eigenvalue weighted by molar-refractivity contribution is 0.482. The molecule has 2 aliphatic rings. The molecule has 274 valence electrons. The van der Waals surface area contributed by atoms with E-state index >= 15 is 0 Å². The number of rotatable bonds is 2. The van der Waals surface area contributed by atoms with Gasteiger partial charge in [-0.05, 0) is 113 Å². The van der Waals surface area contributed by atoms with E-state index in [9.17, 15) is 0 Å². The summed E-state index contributed by atoms with van der Waals surface area (Å²) in [6.45, 7) is 9.02. The van der Waals surface area contributed by atoms with Crippen LogP contribution in [0.2, 0.25) is 0 Å². The van der Waals surface area contributed by atoms with Crippen LogP contribution in [0.25, 0.3) is 82.5 Å².